The van der Waals surface area contributed by atoms with Gasteiger partial charge in [0.15, 0.2) is 11.5 Å². The molecule has 6 nitrogen and oxygen atoms in total. The summed E-state index contributed by atoms with van der Waals surface area (Å²) in [6.45, 7) is 0.0738. The number of carbonyl (C=O) groups is 1. The zero-order valence-corrected chi connectivity index (χ0v) is 13.7. The summed E-state index contributed by atoms with van der Waals surface area (Å²) in [4.78, 5) is 12.6. The van der Waals surface area contributed by atoms with Crippen molar-refractivity contribution in [1.29, 1.82) is 0 Å². The number of benzene rings is 1. The number of carbonyl (C=O) groups excluding carboxylic acids is 1. The molecule has 0 radical (unpaired) electrons. The van der Waals surface area contributed by atoms with Crippen LogP contribution in [0, 0.1) is 5.92 Å². The molecule has 1 heterocycles. The first-order valence-electron chi connectivity index (χ1n) is 7.85. The third-order valence-corrected chi connectivity index (χ3v) is 4.37. The van der Waals surface area contributed by atoms with Crippen LogP contribution in [0.3, 0.4) is 0 Å². The van der Waals surface area contributed by atoms with Crippen molar-refractivity contribution in [2.75, 3.05) is 20.8 Å². The quantitative estimate of drug-likeness (QED) is 0.814. The van der Waals surface area contributed by atoms with Gasteiger partial charge in [-0.1, -0.05) is 6.07 Å². The standard InChI is InChI=1S/C18H21NO5/c1-22-14-6-3-5-13(16(14)23-2)17(20)19-11-18(21,12-8-9-12)15-7-4-10-24-15/h3-7,10,12,21H,8-9,11H2,1-2H3,(H,19,20). The van der Waals surface area contributed by atoms with Crippen molar-refractivity contribution in [3.05, 3.63) is 47.9 Å². The Kier molecular flexibility index (Phi) is 4.49. The summed E-state index contributed by atoms with van der Waals surface area (Å²) >= 11 is 0. The molecule has 0 spiro atoms. The number of para-hydroxylation sites is 1. The second-order valence-electron chi connectivity index (χ2n) is 5.90. The van der Waals surface area contributed by atoms with Gasteiger partial charge in [0.2, 0.25) is 0 Å². The van der Waals surface area contributed by atoms with Crippen LogP contribution >= 0.6 is 0 Å². The summed E-state index contributed by atoms with van der Waals surface area (Å²) in [5, 5.41) is 13.8. The van der Waals surface area contributed by atoms with Crippen molar-refractivity contribution >= 4 is 5.91 Å². The summed E-state index contributed by atoms with van der Waals surface area (Å²) in [6.07, 6.45) is 3.35. The Bertz CT molecular complexity index is 708. The van der Waals surface area contributed by atoms with Gasteiger partial charge in [0.05, 0.1) is 32.6 Å². The molecule has 24 heavy (non-hydrogen) atoms. The lowest BCUT2D eigenvalue weighted by molar-refractivity contribution is -0.00613. The van der Waals surface area contributed by atoms with E-state index in [0.29, 0.717) is 22.8 Å². The van der Waals surface area contributed by atoms with E-state index in [4.69, 9.17) is 13.9 Å². The van der Waals surface area contributed by atoms with Crippen LogP contribution in [0.1, 0.15) is 29.0 Å². The maximum absolute atomic E-state index is 12.6. The predicted octanol–water partition coefficient (Wildman–Crippen LogP) is 2.32. The van der Waals surface area contributed by atoms with Crippen molar-refractivity contribution in [3.63, 3.8) is 0 Å². The smallest absolute Gasteiger partial charge is 0.255 e. The fourth-order valence-electron chi connectivity index (χ4n) is 2.89. The number of amides is 1. The zero-order valence-electron chi connectivity index (χ0n) is 13.7. The highest BCUT2D eigenvalue weighted by Gasteiger charge is 2.47. The lowest BCUT2D eigenvalue weighted by atomic mass is 9.94. The molecule has 6 heteroatoms. The van der Waals surface area contributed by atoms with Crippen LogP contribution in [0.25, 0.3) is 0 Å². The van der Waals surface area contributed by atoms with Crippen LogP contribution < -0.4 is 14.8 Å². The highest BCUT2D eigenvalue weighted by Crippen LogP contribution is 2.45. The SMILES string of the molecule is COc1cccc(C(=O)NCC(O)(c2ccco2)C2CC2)c1OC. The normalized spacial score (nSPS) is 16.3. The lowest BCUT2D eigenvalue weighted by Crippen LogP contribution is -2.42. The van der Waals surface area contributed by atoms with Gasteiger partial charge in [-0.25, -0.2) is 0 Å². The molecular formula is C18H21NO5. The third kappa shape index (κ3) is 2.97. The van der Waals surface area contributed by atoms with Crippen molar-refractivity contribution in [2.24, 2.45) is 5.92 Å². The number of hydrogen-bond acceptors (Lipinski definition) is 5. The Morgan fingerprint density at radius 1 is 1.29 bits per heavy atom. The number of ether oxygens (including phenoxy) is 2. The Balaban J connectivity index is 1.78. The highest BCUT2D eigenvalue weighted by molar-refractivity contribution is 5.97. The summed E-state index contributed by atoms with van der Waals surface area (Å²) in [7, 11) is 3.00. The van der Waals surface area contributed by atoms with E-state index < -0.39 is 5.60 Å². The maximum atomic E-state index is 12.6. The molecule has 1 saturated carbocycles. The molecule has 128 valence electrons. The van der Waals surface area contributed by atoms with Gasteiger partial charge in [0.1, 0.15) is 11.4 Å². The fraction of sp³-hybridized carbons (Fsp3) is 0.389. The van der Waals surface area contributed by atoms with E-state index in [2.05, 4.69) is 5.32 Å². The van der Waals surface area contributed by atoms with E-state index >= 15 is 0 Å². The van der Waals surface area contributed by atoms with Gasteiger partial charge in [-0.2, -0.15) is 0 Å². The van der Waals surface area contributed by atoms with Crippen molar-refractivity contribution < 1.29 is 23.8 Å². The molecule has 0 aliphatic heterocycles. The molecule has 1 unspecified atom stereocenters. The first-order valence-corrected chi connectivity index (χ1v) is 7.85. The van der Waals surface area contributed by atoms with Crippen LogP contribution in [0.15, 0.2) is 41.0 Å². The number of nitrogens with one attached hydrogen (secondary N) is 1. The molecule has 2 N–H and O–H groups in total. The molecule has 1 atom stereocenters. The van der Waals surface area contributed by atoms with E-state index in [1.165, 1.54) is 20.5 Å². The zero-order chi connectivity index (χ0) is 17.2. The van der Waals surface area contributed by atoms with Crippen LogP contribution in [-0.2, 0) is 5.60 Å². The van der Waals surface area contributed by atoms with Crippen molar-refractivity contribution in [2.45, 2.75) is 18.4 Å². The maximum Gasteiger partial charge on any atom is 0.255 e. The third-order valence-electron chi connectivity index (χ3n) is 4.37. The van der Waals surface area contributed by atoms with Crippen LogP contribution in [0.4, 0.5) is 0 Å². The Labute approximate surface area is 140 Å². The molecule has 1 aliphatic carbocycles. The van der Waals surface area contributed by atoms with E-state index in [1.807, 2.05) is 0 Å². The monoisotopic (exact) mass is 331 g/mol. The fourth-order valence-corrected chi connectivity index (χ4v) is 2.89. The number of methoxy groups -OCH3 is 2. The Hall–Kier alpha value is -2.47. The Morgan fingerprint density at radius 3 is 2.67 bits per heavy atom. The van der Waals surface area contributed by atoms with Gasteiger partial charge in [-0.3, -0.25) is 4.79 Å². The summed E-state index contributed by atoms with van der Waals surface area (Å²) in [5.74, 6) is 1.08. The minimum Gasteiger partial charge on any atom is -0.493 e. The van der Waals surface area contributed by atoms with E-state index in [0.717, 1.165) is 12.8 Å². The van der Waals surface area contributed by atoms with Gasteiger partial charge in [-0.05, 0) is 43.0 Å². The number of hydrogen-bond donors (Lipinski definition) is 2. The first-order chi connectivity index (χ1) is 11.6. The predicted molar refractivity (Wildman–Crippen MR) is 87.2 cm³/mol. The summed E-state index contributed by atoms with van der Waals surface area (Å²) < 4.78 is 15.9. The van der Waals surface area contributed by atoms with Gasteiger partial charge >= 0.3 is 0 Å². The largest absolute Gasteiger partial charge is 0.493 e. The van der Waals surface area contributed by atoms with Gasteiger partial charge < -0.3 is 24.3 Å². The van der Waals surface area contributed by atoms with E-state index in [9.17, 15) is 9.90 Å². The molecule has 3 rings (SSSR count). The molecule has 1 fully saturated rings. The molecule has 0 saturated heterocycles. The molecule has 0 bridgehead atoms. The van der Waals surface area contributed by atoms with Gasteiger partial charge in [0, 0.05) is 0 Å². The summed E-state index contributed by atoms with van der Waals surface area (Å²) in [5.41, 5.74) is -0.833. The highest BCUT2D eigenvalue weighted by atomic mass is 16.5. The number of rotatable bonds is 7. The topological polar surface area (TPSA) is 80.9 Å². The first kappa shape index (κ1) is 16.4. The molecule has 1 amide bonds. The molecule has 1 aromatic heterocycles. The average molecular weight is 331 g/mol. The van der Waals surface area contributed by atoms with Crippen LogP contribution in [0.5, 0.6) is 11.5 Å². The van der Waals surface area contributed by atoms with Crippen LogP contribution in [-0.4, -0.2) is 31.8 Å². The second kappa shape index (κ2) is 6.57. The van der Waals surface area contributed by atoms with Crippen molar-refractivity contribution in [3.8, 4) is 11.5 Å². The van der Waals surface area contributed by atoms with Crippen LogP contribution in [0.2, 0.25) is 0 Å². The minimum absolute atomic E-state index is 0.0738. The number of aliphatic hydroxyl groups is 1. The molecule has 1 aromatic carbocycles. The molecular weight excluding hydrogens is 310 g/mol. The van der Waals surface area contributed by atoms with Gasteiger partial charge in [-0.15, -0.1) is 0 Å². The van der Waals surface area contributed by atoms with Crippen molar-refractivity contribution in [1.82, 2.24) is 5.32 Å². The van der Waals surface area contributed by atoms with E-state index in [1.54, 1.807) is 30.3 Å². The second-order valence-corrected chi connectivity index (χ2v) is 5.90. The van der Waals surface area contributed by atoms with E-state index in [-0.39, 0.29) is 18.4 Å². The summed E-state index contributed by atoms with van der Waals surface area (Å²) in [6, 6.07) is 8.56. The molecule has 1 aliphatic rings. The van der Waals surface area contributed by atoms with Gasteiger partial charge in [0.25, 0.3) is 5.91 Å². The average Bonchev–Trinajstić information content (AvgIpc) is 3.33. The lowest BCUT2D eigenvalue weighted by Gasteiger charge is -2.26. The Morgan fingerprint density at radius 2 is 2.08 bits per heavy atom. The number of furan rings is 1. The minimum atomic E-state index is -1.19. The molecule has 2 aromatic rings.